The molecule has 1 aromatic carbocycles. The van der Waals surface area contributed by atoms with Gasteiger partial charge in [-0.05, 0) is 92.2 Å². The Morgan fingerprint density at radius 1 is 1.23 bits per heavy atom. The van der Waals surface area contributed by atoms with Crippen molar-refractivity contribution in [1.82, 2.24) is 4.98 Å². The van der Waals surface area contributed by atoms with Crippen molar-refractivity contribution in [3.05, 3.63) is 58.4 Å². The Bertz CT molecular complexity index is 994. The molecule has 1 heterocycles. The van der Waals surface area contributed by atoms with Crippen LogP contribution in [0.4, 0.5) is 5.69 Å². The molecule has 2 aromatic rings. The summed E-state index contributed by atoms with van der Waals surface area (Å²) in [4.78, 5) is 21.6. The van der Waals surface area contributed by atoms with Gasteiger partial charge < -0.3 is 5.32 Å². The molecule has 0 atom stereocenters. The Kier molecular flexibility index (Phi) is 5.92. The van der Waals surface area contributed by atoms with Gasteiger partial charge in [0, 0.05) is 35.7 Å². The molecule has 1 N–H and O–H groups in total. The summed E-state index contributed by atoms with van der Waals surface area (Å²) in [5.74, 6) is 3.70. The number of carbonyl (C=O) groups is 1. The second kappa shape index (κ2) is 8.62. The van der Waals surface area contributed by atoms with Crippen LogP contribution in [0.1, 0.15) is 61.3 Å². The highest BCUT2D eigenvalue weighted by Crippen LogP contribution is 2.58. The monoisotopic (exact) mass is 419 g/mol. The molecule has 2 fully saturated rings. The van der Waals surface area contributed by atoms with Crippen molar-refractivity contribution in [2.24, 2.45) is 16.3 Å². The number of anilines is 1. The van der Waals surface area contributed by atoms with Gasteiger partial charge in [0.25, 0.3) is 0 Å². The topological polar surface area (TPSA) is 54.4 Å². The molecule has 0 bridgehead atoms. The van der Waals surface area contributed by atoms with Crippen molar-refractivity contribution < 1.29 is 4.79 Å². The first-order chi connectivity index (χ1) is 14.6. The summed E-state index contributed by atoms with van der Waals surface area (Å²) >= 11 is 5.95. The third-order valence-electron chi connectivity index (χ3n) is 6.71. The van der Waals surface area contributed by atoms with E-state index >= 15 is 0 Å². The van der Waals surface area contributed by atoms with Crippen LogP contribution in [0.15, 0.2) is 41.5 Å². The Morgan fingerprint density at radius 3 is 2.53 bits per heavy atom. The molecule has 2 aliphatic carbocycles. The van der Waals surface area contributed by atoms with Gasteiger partial charge in [0.2, 0.25) is 5.91 Å². The molecule has 5 heteroatoms. The van der Waals surface area contributed by atoms with Crippen LogP contribution in [0.2, 0.25) is 5.02 Å². The Morgan fingerprint density at radius 2 is 1.93 bits per heavy atom. The number of amides is 1. The second-order valence-electron chi connectivity index (χ2n) is 8.36. The third-order valence-corrected chi connectivity index (χ3v) is 6.96. The summed E-state index contributed by atoms with van der Waals surface area (Å²) in [6.45, 7) is 0. The molecule has 2 saturated carbocycles. The van der Waals surface area contributed by atoms with Gasteiger partial charge in [-0.3, -0.25) is 9.79 Å². The quantitative estimate of drug-likeness (QED) is 0.517. The first kappa shape index (κ1) is 20.6. The smallest absolute Gasteiger partial charge is 0.230 e. The molecule has 0 aliphatic heterocycles. The Balaban J connectivity index is 1.44. The van der Waals surface area contributed by atoms with E-state index in [4.69, 9.17) is 18.0 Å². The predicted octanol–water partition coefficient (Wildman–Crippen LogP) is 5.46. The Hall–Kier alpha value is -2.64. The maximum atomic E-state index is 13.1. The van der Waals surface area contributed by atoms with Gasteiger partial charge >= 0.3 is 0 Å². The number of halogens is 1. The molecule has 4 nitrogen and oxygen atoms in total. The first-order valence-electron chi connectivity index (χ1n) is 10.5. The molecule has 30 heavy (non-hydrogen) atoms. The van der Waals surface area contributed by atoms with Crippen molar-refractivity contribution >= 4 is 29.4 Å². The minimum atomic E-state index is -0.208. The zero-order valence-corrected chi connectivity index (χ0v) is 18.0. The standard InChI is InChI=1S/C25H26ClN3O/c1-3-23-22(16-27-2)21(12-15-28-23)17-4-6-18(7-5-17)25(13-14-25)24(30)29-20-10-8-19(26)9-11-20/h1,8-12,15-18H,4-7,13-14H2,2H3,(H,29,30)/b27-16-/t17-,18+. The van der Waals surface area contributed by atoms with Crippen LogP contribution < -0.4 is 5.32 Å². The van der Waals surface area contributed by atoms with Crippen LogP contribution >= 0.6 is 11.6 Å². The third kappa shape index (κ3) is 4.00. The number of hydrogen-bond acceptors (Lipinski definition) is 3. The van der Waals surface area contributed by atoms with Crippen molar-refractivity contribution in [3.8, 4) is 12.3 Å². The SMILES string of the molecule is C#Cc1nccc([C@H]2CC[C@@H](C3(C(=O)Nc4ccc(Cl)cc4)CC3)CC2)c1/C=N\C. The molecule has 1 amide bonds. The van der Waals surface area contributed by atoms with Crippen molar-refractivity contribution in [2.75, 3.05) is 12.4 Å². The van der Waals surface area contributed by atoms with Crippen LogP contribution in [-0.2, 0) is 4.79 Å². The van der Waals surface area contributed by atoms with Crippen LogP contribution in [0.5, 0.6) is 0 Å². The van der Waals surface area contributed by atoms with E-state index in [9.17, 15) is 4.79 Å². The van der Waals surface area contributed by atoms with Gasteiger partial charge in [-0.2, -0.15) is 0 Å². The number of rotatable bonds is 5. The predicted molar refractivity (Wildman–Crippen MR) is 122 cm³/mol. The van der Waals surface area contributed by atoms with Gasteiger partial charge in [-0.25, -0.2) is 4.98 Å². The van der Waals surface area contributed by atoms with Gasteiger partial charge in [-0.1, -0.05) is 11.6 Å². The number of benzene rings is 1. The number of terminal acetylenes is 1. The van der Waals surface area contributed by atoms with Crippen LogP contribution in [0, 0.1) is 23.7 Å². The van der Waals surface area contributed by atoms with Crippen molar-refractivity contribution in [2.45, 2.75) is 44.4 Å². The number of carbonyl (C=O) groups excluding carboxylic acids is 1. The average molecular weight is 420 g/mol. The Labute approximate surface area is 183 Å². The molecule has 4 rings (SSSR count). The summed E-state index contributed by atoms with van der Waals surface area (Å²) in [5, 5.41) is 3.78. The van der Waals surface area contributed by atoms with E-state index < -0.39 is 0 Å². The molecule has 0 spiro atoms. The highest BCUT2D eigenvalue weighted by atomic mass is 35.5. The lowest BCUT2D eigenvalue weighted by molar-refractivity contribution is -0.123. The number of aliphatic imine (C=N–C) groups is 1. The van der Waals surface area contributed by atoms with E-state index in [1.165, 1.54) is 5.56 Å². The van der Waals surface area contributed by atoms with E-state index in [2.05, 4.69) is 27.3 Å². The minimum Gasteiger partial charge on any atom is -0.326 e. The lowest BCUT2D eigenvalue weighted by Gasteiger charge is -2.34. The molecule has 0 unspecified atom stereocenters. The molecule has 0 radical (unpaired) electrons. The summed E-state index contributed by atoms with van der Waals surface area (Å²) in [5.41, 5.74) is 3.46. The summed E-state index contributed by atoms with van der Waals surface area (Å²) < 4.78 is 0. The van der Waals surface area contributed by atoms with Gasteiger partial charge in [0.05, 0.1) is 5.41 Å². The van der Waals surface area contributed by atoms with E-state index in [1.807, 2.05) is 18.3 Å². The summed E-state index contributed by atoms with van der Waals surface area (Å²) in [6.07, 6.45) is 15.4. The lowest BCUT2D eigenvalue weighted by Crippen LogP contribution is -2.33. The normalized spacial score (nSPS) is 22.4. The fourth-order valence-electron chi connectivity index (χ4n) is 4.93. The van der Waals surface area contributed by atoms with E-state index in [0.29, 0.717) is 22.6 Å². The van der Waals surface area contributed by atoms with Crippen LogP contribution in [0.25, 0.3) is 0 Å². The van der Waals surface area contributed by atoms with Gasteiger partial charge in [0.1, 0.15) is 5.69 Å². The highest BCUT2D eigenvalue weighted by Gasteiger charge is 2.55. The zero-order chi connectivity index (χ0) is 21.1. The molecular formula is C25H26ClN3O. The molecule has 2 aliphatic rings. The number of pyridine rings is 1. The van der Waals surface area contributed by atoms with Gasteiger partial charge in [0.15, 0.2) is 0 Å². The largest absolute Gasteiger partial charge is 0.326 e. The number of aromatic nitrogens is 1. The van der Waals surface area contributed by atoms with E-state index in [-0.39, 0.29) is 11.3 Å². The first-order valence-corrected chi connectivity index (χ1v) is 10.9. The summed E-state index contributed by atoms with van der Waals surface area (Å²) in [6, 6.07) is 9.40. The number of nitrogens with zero attached hydrogens (tertiary/aromatic N) is 2. The van der Waals surface area contributed by atoms with Crippen molar-refractivity contribution in [1.29, 1.82) is 0 Å². The van der Waals surface area contributed by atoms with E-state index in [0.717, 1.165) is 49.8 Å². The van der Waals surface area contributed by atoms with Crippen molar-refractivity contribution in [3.63, 3.8) is 0 Å². The number of nitrogens with one attached hydrogen (secondary N) is 1. The second-order valence-corrected chi connectivity index (χ2v) is 8.80. The fourth-order valence-corrected chi connectivity index (χ4v) is 5.05. The number of hydrogen-bond donors (Lipinski definition) is 1. The maximum absolute atomic E-state index is 13.1. The molecule has 1 aromatic heterocycles. The van der Waals surface area contributed by atoms with Gasteiger partial charge in [-0.15, -0.1) is 6.42 Å². The lowest BCUT2D eigenvalue weighted by atomic mass is 9.71. The zero-order valence-electron chi connectivity index (χ0n) is 17.2. The fraction of sp³-hybridized carbons (Fsp3) is 0.400. The maximum Gasteiger partial charge on any atom is 0.230 e. The van der Waals surface area contributed by atoms with E-state index in [1.54, 1.807) is 25.4 Å². The van der Waals surface area contributed by atoms with Crippen LogP contribution in [-0.4, -0.2) is 24.2 Å². The molecule has 0 saturated heterocycles. The molecular weight excluding hydrogens is 394 g/mol. The average Bonchev–Trinajstić information content (AvgIpc) is 3.58. The van der Waals surface area contributed by atoms with Crippen LogP contribution in [0.3, 0.4) is 0 Å². The minimum absolute atomic E-state index is 0.158. The summed E-state index contributed by atoms with van der Waals surface area (Å²) in [7, 11) is 1.75. The highest BCUT2D eigenvalue weighted by molar-refractivity contribution is 6.30. The molecule has 154 valence electrons.